The van der Waals surface area contributed by atoms with Gasteiger partial charge in [-0.25, -0.2) is 8.78 Å². The number of halogens is 2. The summed E-state index contributed by atoms with van der Waals surface area (Å²) in [6.07, 6.45) is 4.02. The molecule has 2 rings (SSSR count). The second kappa shape index (κ2) is 3.81. The second-order valence-corrected chi connectivity index (χ2v) is 4.95. The van der Waals surface area contributed by atoms with Gasteiger partial charge >= 0.3 is 0 Å². The van der Waals surface area contributed by atoms with E-state index in [4.69, 9.17) is 5.73 Å². The lowest BCUT2D eigenvalue weighted by Crippen LogP contribution is -2.22. The number of alkyl halides is 2. The monoisotopic (exact) mass is 225 g/mol. The van der Waals surface area contributed by atoms with Crippen molar-refractivity contribution in [3.63, 3.8) is 0 Å². The lowest BCUT2D eigenvalue weighted by molar-refractivity contribution is 0.0174. The first-order valence-electron chi connectivity index (χ1n) is 5.65. The van der Waals surface area contributed by atoms with Crippen LogP contribution in [-0.4, -0.2) is 5.54 Å². The molecule has 3 heteroatoms. The molecule has 0 saturated heterocycles. The van der Waals surface area contributed by atoms with E-state index in [0.29, 0.717) is 0 Å². The van der Waals surface area contributed by atoms with E-state index in [-0.39, 0.29) is 11.1 Å². The van der Waals surface area contributed by atoms with Crippen LogP contribution in [0.3, 0.4) is 0 Å². The van der Waals surface area contributed by atoms with Crippen LogP contribution in [0.5, 0.6) is 0 Å². The van der Waals surface area contributed by atoms with Gasteiger partial charge in [0, 0.05) is 18.0 Å². The van der Waals surface area contributed by atoms with Crippen LogP contribution in [-0.2, 0) is 12.3 Å². The predicted molar refractivity (Wildman–Crippen MR) is 60.5 cm³/mol. The fraction of sp³-hybridized carbons (Fsp3) is 0.538. The van der Waals surface area contributed by atoms with Crippen LogP contribution in [0.4, 0.5) is 8.78 Å². The fourth-order valence-corrected chi connectivity index (χ4v) is 1.77. The van der Waals surface area contributed by atoms with Crippen molar-refractivity contribution in [3.05, 3.63) is 35.4 Å². The zero-order valence-electron chi connectivity index (χ0n) is 9.47. The SMILES string of the molecule is CC(F)(F)c1ccc(CCC2(N)CC2)cc1. The molecule has 0 heterocycles. The molecule has 0 aromatic heterocycles. The molecule has 0 bridgehead atoms. The molecule has 1 aliphatic carbocycles. The Morgan fingerprint density at radius 2 is 1.81 bits per heavy atom. The Labute approximate surface area is 94.7 Å². The Kier molecular flexibility index (Phi) is 2.74. The number of benzene rings is 1. The molecule has 1 aromatic carbocycles. The van der Waals surface area contributed by atoms with Crippen LogP contribution >= 0.6 is 0 Å². The molecule has 0 amide bonds. The Morgan fingerprint density at radius 1 is 1.25 bits per heavy atom. The van der Waals surface area contributed by atoms with Gasteiger partial charge in [0.15, 0.2) is 0 Å². The smallest absolute Gasteiger partial charge is 0.270 e. The molecule has 0 aliphatic heterocycles. The van der Waals surface area contributed by atoms with Crippen LogP contribution in [0.25, 0.3) is 0 Å². The van der Waals surface area contributed by atoms with Crippen molar-refractivity contribution >= 4 is 0 Å². The van der Waals surface area contributed by atoms with Gasteiger partial charge in [-0.05, 0) is 31.2 Å². The van der Waals surface area contributed by atoms with Gasteiger partial charge in [0.2, 0.25) is 0 Å². The highest BCUT2D eigenvalue weighted by Crippen LogP contribution is 2.36. The summed E-state index contributed by atoms with van der Waals surface area (Å²) < 4.78 is 25.9. The highest BCUT2D eigenvalue weighted by atomic mass is 19.3. The number of aryl methyl sites for hydroxylation is 1. The van der Waals surface area contributed by atoms with Gasteiger partial charge in [-0.1, -0.05) is 24.3 Å². The number of nitrogens with two attached hydrogens (primary N) is 1. The molecule has 88 valence electrons. The summed E-state index contributed by atoms with van der Waals surface area (Å²) in [5.41, 5.74) is 7.17. The zero-order chi connectivity index (χ0) is 11.8. The Balaban J connectivity index is 1.96. The van der Waals surface area contributed by atoms with Crippen LogP contribution < -0.4 is 5.73 Å². The molecule has 16 heavy (non-hydrogen) atoms. The molecule has 1 aromatic rings. The average Bonchev–Trinajstić information content (AvgIpc) is 2.94. The quantitative estimate of drug-likeness (QED) is 0.836. The Morgan fingerprint density at radius 3 is 2.25 bits per heavy atom. The summed E-state index contributed by atoms with van der Waals surface area (Å²) >= 11 is 0. The first kappa shape index (κ1) is 11.5. The average molecular weight is 225 g/mol. The maximum absolute atomic E-state index is 13.0. The summed E-state index contributed by atoms with van der Waals surface area (Å²) in [6, 6.07) is 6.56. The first-order chi connectivity index (χ1) is 7.39. The van der Waals surface area contributed by atoms with E-state index in [1.54, 1.807) is 12.1 Å². The molecule has 1 nitrogen and oxygen atoms in total. The maximum atomic E-state index is 13.0. The van der Waals surface area contributed by atoms with E-state index in [1.807, 2.05) is 0 Å². The highest BCUT2D eigenvalue weighted by molar-refractivity contribution is 5.25. The molecule has 0 spiro atoms. The summed E-state index contributed by atoms with van der Waals surface area (Å²) in [6.45, 7) is 0.918. The lowest BCUT2D eigenvalue weighted by Gasteiger charge is -2.12. The Hall–Kier alpha value is -0.960. The zero-order valence-corrected chi connectivity index (χ0v) is 9.47. The third kappa shape index (κ3) is 2.79. The van der Waals surface area contributed by atoms with Crippen molar-refractivity contribution in [3.8, 4) is 0 Å². The third-order valence-electron chi connectivity index (χ3n) is 3.26. The summed E-state index contributed by atoms with van der Waals surface area (Å²) in [4.78, 5) is 0. The normalized spacial score (nSPS) is 18.5. The summed E-state index contributed by atoms with van der Waals surface area (Å²) in [5, 5.41) is 0. The van der Waals surface area contributed by atoms with E-state index in [2.05, 4.69) is 0 Å². The number of hydrogen-bond acceptors (Lipinski definition) is 1. The van der Waals surface area contributed by atoms with Gasteiger partial charge in [0.05, 0.1) is 0 Å². The predicted octanol–water partition coefficient (Wildman–Crippen LogP) is 3.22. The van der Waals surface area contributed by atoms with Crippen LogP contribution in [0.1, 0.15) is 37.3 Å². The van der Waals surface area contributed by atoms with Crippen molar-refractivity contribution in [1.82, 2.24) is 0 Å². The minimum Gasteiger partial charge on any atom is -0.325 e. The molecule has 1 aliphatic rings. The van der Waals surface area contributed by atoms with Crippen LogP contribution in [0.2, 0.25) is 0 Å². The van der Waals surface area contributed by atoms with Crippen molar-refractivity contribution in [2.24, 2.45) is 5.73 Å². The summed E-state index contributed by atoms with van der Waals surface area (Å²) in [5.74, 6) is -2.75. The van der Waals surface area contributed by atoms with Crippen molar-refractivity contribution in [2.45, 2.75) is 44.1 Å². The first-order valence-corrected chi connectivity index (χ1v) is 5.65. The molecular weight excluding hydrogens is 208 g/mol. The van der Waals surface area contributed by atoms with Gasteiger partial charge in [0.1, 0.15) is 0 Å². The fourth-order valence-electron chi connectivity index (χ4n) is 1.77. The molecule has 1 saturated carbocycles. The van der Waals surface area contributed by atoms with Crippen LogP contribution in [0, 0.1) is 0 Å². The largest absolute Gasteiger partial charge is 0.325 e. The van der Waals surface area contributed by atoms with Gasteiger partial charge in [-0.3, -0.25) is 0 Å². The van der Waals surface area contributed by atoms with Crippen LogP contribution in [0.15, 0.2) is 24.3 Å². The van der Waals surface area contributed by atoms with Crippen molar-refractivity contribution in [2.75, 3.05) is 0 Å². The third-order valence-corrected chi connectivity index (χ3v) is 3.26. The maximum Gasteiger partial charge on any atom is 0.270 e. The standard InChI is InChI=1S/C13H17F2N/c1-12(14,15)11-4-2-10(3-5-11)6-7-13(16)8-9-13/h2-5H,6-9,16H2,1H3. The lowest BCUT2D eigenvalue weighted by atomic mass is 10.0. The highest BCUT2D eigenvalue weighted by Gasteiger charge is 2.37. The summed E-state index contributed by atoms with van der Waals surface area (Å²) in [7, 11) is 0. The van der Waals surface area contributed by atoms with E-state index < -0.39 is 5.92 Å². The molecule has 1 fully saturated rings. The molecule has 0 radical (unpaired) electrons. The molecule has 2 N–H and O–H groups in total. The Bertz CT molecular complexity index is 361. The van der Waals surface area contributed by atoms with Crippen molar-refractivity contribution < 1.29 is 8.78 Å². The van der Waals surface area contributed by atoms with Gasteiger partial charge in [-0.15, -0.1) is 0 Å². The van der Waals surface area contributed by atoms with Crippen molar-refractivity contribution in [1.29, 1.82) is 0 Å². The number of rotatable bonds is 4. The van der Waals surface area contributed by atoms with E-state index >= 15 is 0 Å². The minimum atomic E-state index is -2.75. The van der Waals surface area contributed by atoms with Gasteiger partial charge < -0.3 is 5.73 Å². The van der Waals surface area contributed by atoms with E-state index in [9.17, 15) is 8.78 Å². The van der Waals surface area contributed by atoms with E-state index in [1.165, 1.54) is 12.1 Å². The second-order valence-electron chi connectivity index (χ2n) is 4.95. The molecular formula is C13H17F2N. The minimum absolute atomic E-state index is 0.0351. The van der Waals surface area contributed by atoms with Gasteiger partial charge in [0.25, 0.3) is 5.92 Å². The molecule has 0 atom stereocenters. The molecule has 0 unspecified atom stereocenters. The van der Waals surface area contributed by atoms with E-state index in [0.717, 1.165) is 38.2 Å². The topological polar surface area (TPSA) is 26.0 Å². The van der Waals surface area contributed by atoms with Gasteiger partial charge in [-0.2, -0.15) is 0 Å². The number of hydrogen-bond donors (Lipinski definition) is 1.